The number of carboxylic acid groups (broad SMARTS) is 2. The van der Waals surface area contributed by atoms with Gasteiger partial charge in [-0.05, 0) is 10.9 Å². The molecule has 0 saturated carbocycles. The predicted molar refractivity (Wildman–Crippen MR) is 33.2 cm³/mol. The van der Waals surface area contributed by atoms with Gasteiger partial charge in [-0.25, -0.2) is 0 Å². The fraction of sp³-hybridized carbons (Fsp3) is 0.750. The van der Waals surface area contributed by atoms with Crippen LogP contribution < -0.4 is 5.11 Å². The molecule has 8 heavy (non-hydrogen) atoms. The highest BCUT2D eigenvalue weighted by molar-refractivity contribution is 7.94. The summed E-state index contributed by atoms with van der Waals surface area (Å²) >= 11 is 0. The van der Waals surface area contributed by atoms with E-state index in [4.69, 9.17) is 15.0 Å². The first-order valence-electron chi connectivity index (χ1n) is 1.86. The topological polar surface area (TPSA) is 60.4 Å². The minimum atomic E-state index is -2.08. The second-order valence-corrected chi connectivity index (χ2v) is 3.94. The van der Waals surface area contributed by atoms with E-state index in [0.717, 1.165) is 0 Å². The van der Waals surface area contributed by atoms with E-state index in [1.807, 2.05) is 0 Å². The first kappa shape index (κ1) is 10.6. The normalized spacial score (nSPS) is 7.50. The van der Waals surface area contributed by atoms with E-state index in [2.05, 4.69) is 18.8 Å². The molecule has 0 aromatic heterocycles. The van der Waals surface area contributed by atoms with Crippen LogP contribution in [0.1, 0.15) is 0 Å². The van der Waals surface area contributed by atoms with Crippen molar-refractivity contribution in [2.75, 3.05) is 18.8 Å². The van der Waals surface area contributed by atoms with Gasteiger partial charge in [0.25, 0.3) is 0 Å². The lowest BCUT2D eigenvalue weighted by Crippen LogP contribution is -2.17. The second-order valence-electron chi connectivity index (χ2n) is 1.49. The Morgan fingerprint density at radius 1 is 1.50 bits per heavy atom. The number of hydrogen-bond acceptors (Lipinski definition) is 2. The average Bonchev–Trinajstić information content (AvgIpc) is 1.25. The van der Waals surface area contributed by atoms with Crippen LogP contribution in [0.4, 0.5) is 4.79 Å². The van der Waals surface area contributed by atoms with Gasteiger partial charge in [0.2, 0.25) is 6.16 Å². The fourth-order valence-corrected chi connectivity index (χ4v) is 0. The Balaban J connectivity index is 0. The molecule has 0 aromatic carbocycles. The second kappa shape index (κ2) is 6.62. The largest absolute Gasteiger partial charge is 0.565 e. The van der Waals surface area contributed by atoms with Gasteiger partial charge in [-0.3, -0.25) is 0 Å². The van der Waals surface area contributed by atoms with Crippen molar-refractivity contribution in [3.63, 3.8) is 0 Å². The molecular weight excluding hydrogens is 128 g/mol. The van der Waals surface area contributed by atoms with Crippen molar-refractivity contribution in [3.05, 3.63) is 0 Å². The van der Waals surface area contributed by atoms with Crippen molar-refractivity contribution in [1.82, 2.24) is 0 Å². The van der Waals surface area contributed by atoms with Gasteiger partial charge in [0.15, 0.2) is 0 Å². The monoisotopic (exact) mass is 138 g/mol. The summed E-state index contributed by atoms with van der Waals surface area (Å²) in [6.07, 6.45) is 4.50. The number of carbonyl (C=O) groups is 1. The summed E-state index contributed by atoms with van der Waals surface area (Å²) in [4.78, 5) is 8.44. The highest BCUT2D eigenvalue weighted by Gasteiger charge is 1.77. The lowest BCUT2D eigenvalue weighted by atomic mass is 11.5. The highest BCUT2D eigenvalue weighted by atomic mass is 32.2. The van der Waals surface area contributed by atoms with E-state index >= 15 is 0 Å². The molecule has 0 aromatic rings. The van der Waals surface area contributed by atoms with Crippen molar-refractivity contribution in [2.45, 2.75) is 0 Å². The van der Waals surface area contributed by atoms with Gasteiger partial charge in [-0.1, -0.05) is 0 Å². The van der Waals surface area contributed by atoms with Crippen LogP contribution in [0.3, 0.4) is 0 Å². The molecule has 0 aliphatic heterocycles. The summed E-state index contributed by atoms with van der Waals surface area (Å²) in [6.45, 7) is 0. The third-order valence-electron chi connectivity index (χ3n) is 0. The van der Waals surface area contributed by atoms with Crippen molar-refractivity contribution >= 4 is 17.1 Å². The maximum absolute atomic E-state index is 8.44. The summed E-state index contributed by atoms with van der Waals surface area (Å²) in [5.41, 5.74) is 0. The molecule has 0 spiro atoms. The Kier molecular flexibility index (Phi) is 8.75. The maximum Gasteiger partial charge on any atom is 0.249 e. The van der Waals surface area contributed by atoms with Gasteiger partial charge in [-0.15, -0.1) is 0 Å². The van der Waals surface area contributed by atoms with Crippen LogP contribution in [0.5, 0.6) is 0 Å². The highest BCUT2D eigenvalue weighted by Crippen LogP contribution is 1.63. The molecule has 0 aliphatic rings. The predicted octanol–water partition coefficient (Wildman–Crippen LogP) is -0.618. The molecule has 0 aliphatic carbocycles. The van der Waals surface area contributed by atoms with Gasteiger partial charge in [-0.2, -0.15) is 0 Å². The van der Waals surface area contributed by atoms with Gasteiger partial charge >= 0.3 is 0 Å². The molecular formula is C4H10O3S. The molecule has 0 rings (SSSR count). The van der Waals surface area contributed by atoms with Crippen LogP contribution in [0.2, 0.25) is 0 Å². The molecule has 50 valence electrons. The smallest absolute Gasteiger partial charge is 0.249 e. The van der Waals surface area contributed by atoms with Gasteiger partial charge in [0, 0.05) is 0 Å². The van der Waals surface area contributed by atoms with E-state index in [9.17, 15) is 0 Å². The lowest BCUT2D eigenvalue weighted by Gasteiger charge is -1.74. The van der Waals surface area contributed by atoms with Crippen LogP contribution in [-0.4, -0.2) is 30.0 Å². The molecule has 3 nitrogen and oxygen atoms in total. The molecule has 1 N–H and O–H groups in total. The minimum Gasteiger partial charge on any atom is -0.565 e. The zero-order valence-electron chi connectivity index (χ0n) is 5.17. The molecule has 0 heterocycles. The summed E-state index contributed by atoms with van der Waals surface area (Å²) in [5.74, 6) is 0. The number of rotatable bonds is 0. The molecule has 0 bridgehead atoms. The van der Waals surface area contributed by atoms with Crippen LogP contribution in [0.15, 0.2) is 0 Å². The fourth-order valence-electron chi connectivity index (χ4n) is 0. The van der Waals surface area contributed by atoms with Gasteiger partial charge in [0.05, 0.1) is 18.8 Å². The molecule has 0 unspecified atom stereocenters. The standard InChI is InChI=1S/C3H9S.CH2O3/c1-4(2)3;2-1(3)4/h1-3H3;(H2,2,3,4)/q+1;/p-1. The van der Waals surface area contributed by atoms with E-state index < -0.39 is 6.16 Å². The van der Waals surface area contributed by atoms with Crippen LogP contribution in [0.25, 0.3) is 0 Å². The molecule has 0 atom stereocenters. The van der Waals surface area contributed by atoms with Crippen molar-refractivity contribution in [2.24, 2.45) is 0 Å². The Morgan fingerprint density at radius 3 is 1.50 bits per heavy atom. The number of hydrogen-bond donors (Lipinski definition) is 1. The third-order valence-corrected chi connectivity index (χ3v) is 0. The van der Waals surface area contributed by atoms with Crippen LogP contribution in [-0.2, 0) is 10.9 Å². The zero-order chi connectivity index (χ0) is 7.15. The Bertz CT molecular complexity index is 55.5. The molecule has 0 amide bonds. The molecule has 4 heteroatoms. The molecule has 0 fully saturated rings. The van der Waals surface area contributed by atoms with Crippen LogP contribution in [0, 0.1) is 0 Å². The Morgan fingerprint density at radius 2 is 1.50 bits per heavy atom. The van der Waals surface area contributed by atoms with Crippen molar-refractivity contribution in [3.8, 4) is 0 Å². The van der Waals surface area contributed by atoms with Gasteiger partial charge in [0.1, 0.15) is 0 Å². The maximum atomic E-state index is 8.44. The van der Waals surface area contributed by atoms with Gasteiger partial charge < -0.3 is 15.0 Å². The Hall–Kier alpha value is -0.380. The summed E-state index contributed by atoms with van der Waals surface area (Å²) < 4.78 is 0. The third kappa shape index (κ3) is 831. The van der Waals surface area contributed by atoms with E-state index in [-0.39, 0.29) is 0 Å². The molecule has 0 radical (unpaired) electrons. The Labute approximate surface area is 51.7 Å². The van der Waals surface area contributed by atoms with Crippen molar-refractivity contribution in [1.29, 1.82) is 0 Å². The zero-order valence-corrected chi connectivity index (χ0v) is 5.99. The first-order valence-corrected chi connectivity index (χ1v) is 4.31. The van der Waals surface area contributed by atoms with Crippen LogP contribution >= 0.6 is 0 Å². The molecule has 0 saturated heterocycles. The SMILES string of the molecule is C[S+](C)C.O=C([O-])O. The summed E-state index contributed by atoms with van der Waals surface area (Å²) in [6, 6.07) is 0. The minimum absolute atomic E-state index is 0.639. The summed E-state index contributed by atoms with van der Waals surface area (Å²) in [5, 5.41) is 15.3. The van der Waals surface area contributed by atoms with E-state index in [1.165, 1.54) is 0 Å². The average molecular weight is 138 g/mol. The first-order chi connectivity index (χ1) is 3.46. The van der Waals surface area contributed by atoms with Crippen molar-refractivity contribution < 1.29 is 15.0 Å². The summed E-state index contributed by atoms with van der Waals surface area (Å²) in [7, 11) is 0.639. The lowest BCUT2D eigenvalue weighted by molar-refractivity contribution is -0.275. The van der Waals surface area contributed by atoms with E-state index in [0.29, 0.717) is 10.9 Å². The van der Waals surface area contributed by atoms with E-state index in [1.54, 1.807) is 0 Å². The quantitative estimate of drug-likeness (QED) is 0.454.